The summed E-state index contributed by atoms with van der Waals surface area (Å²) >= 11 is 0. The zero-order chi connectivity index (χ0) is 20.9. The van der Waals surface area contributed by atoms with Crippen LogP contribution < -0.4 is 10.6 Å². The van der Waals surface area contributed by atoms with Crippen molar-refractivity contribution >= 4 is 11.9 Å². The van der Waals surface area contributed by atoms with Crippen molar-refractivity contribution in [2.45, 2.75) is 50.4 Å². The second-order valence-electron chi connectivity index (χ2n) is 7.90. The first-order valence-corrected chi connectivity index (χ1v) is 9.32. The van der Waals surface area contributed by atoms with Gasteiger partial charge < -0.3 is 25.2 Å². The lowest BCUT2D eigenvalue weighted by Crippen LogP contribution is -2.42. The maximum Gasteiger partial charge on any atom is 0.230 e. The van der Waals surface area contributed by atoms with Crippen LogP contribution in [0, 0.1) is 17.6 Å². The Morgan fingerprint density at radius 2 is 1.93 bits per heavy atom. The van der Waals surface area contributed by atoms with Crippen molar-refractivity contribution in [1.82, 2.24) is 15.0 Å². The Balaban J connectivity index is 1.64. The largest absolute Gasteiger partial charge is 0.388 e. The van der Waals surface area contributed by atoms with E-state index >= 15 is 0 Å². The van der Waals surface area contributed by atoms with Crippen LogP contribution in [0.4, 0.5) is 20.7 Å². The molecule has 2 fully saturated rings. The van der Waals surface area contributed by atoms with Gasteiger partial charge in [-0.05, 0) is 38.0 Å². The van der Waals surface area contributed by atoms with E-state index in [2.05, 4.69) is 15.0 Å². The van der Waals surface area contributed by atoms with Crippen LogP contribution in [0.1, 0.15) is 31.9 Å². The Kier molecular flexibility index (Phi) is 4.88. The highest BCUT2D eigenvalue weighted by Crippen LogP contribution is 2.48. The van der Waals surface area contributed by atoms with E-state index in [0.29, 0.717) is 12.4 Å². The second-order valence-corrected chi connectivity index (χ2v) is 7.90. The van der Waals surface area contributed by atoms with Gasteiger partial charge in [0.2, 0.25) is 11.9 Å². The normalized spacial score (nSPS) is 28.9. The SMILES string of the molecule is CN(c1ncnc(N)n1)[C@@H]1C[C@H](C(O)c2ccc(F)c(F)c2)[C@H]2OC(C)(C)O[C@H]21. The third-order valence-electron chi connectivity index (χ3n) is 5.56. The summed E-state index contributed by atoms with van der Waals surface area (Å²) in [5.41, 5.74) is 5.96. The minimum absolute atomic E-state index is 0.0960. The summed E-state index contributed by atoms with van der Waals surface area (Å²) in [6, 6.07) is 3.17. The molecule has 1 unspecified atom stereocenters. The van der Waals surface area contributed by atoms with Crippen molar-refractivity contribution in [3.8, 4) is 0 Å². The van der Waals surface area contributed by atoms with E-state index in [9.17, 15) is 13.9 Å². The maximum atomic E-state index is 13.7. The van der Waals surface area contributed by atoms with Crippen molar-refractivity contribution in [2.75, 3.05) is 17.7 Å². The first kappa shape index (κ1) is 19.9. The molecule has 8 nitrogen and oxygen atoms in total. The number of aliphatic hydroxyl groups is 1. The molecule has 1 saturated heterocycles. The number of anilines is 2. The Labute approximate surface area is 166 Å². The monoisotopic (exact) mass is 407 g/mol. The maximum absolute atomic E-state index is 13.7. The van der Waals surface area contributed by atoms with Crippen LogP contribution in [0.2, 0.25) is 0 Å². The summed E-state index contributed by atoms with van der Waals surface area (Å²) in [4.78, 5) is 13.9. The number of rotatable bonds is 4. The summed E-state index contributed by atoms with van der Waals surface area (Å²) in [5, 5.41) is 11.0. The fraction of sp³-hybridized carbons (Fsp3) is 0.526. The summed E-state index contributed by atoms with van der Waals surface area (Å²) in [7, 11) is 1.80. The molecule has 0 radical (unpaired) electrons. The molecule has 156 valence electrons. The molecule has 0 amide bonds. The number of ether oxygens (including phenoxy) is 2. The molecule has 29 heavy (non-hydrogen) atoms. The van der Waals surface area contributed by atoms with Gasteiger partial charge in [-0.1, -0.05) is 6.07 Å². The summed E-state index contributed by atoms with van der Waals surface area (Å²) in [6.07, 6.45) is -0.0905. The van der Waals surface area contributed by atoms with Gasteiger partial charge in [-0.3, -0.25) is 0 Å². The lowest BCUT2D eigenvalue weighted by Gasteiger charge is -2.30. The number of fused-ring (bicyclic) bond motifs is 1. The average molecular weight is 407 g/mol. The molecule has 1 saturated carbocycles. The second kappa shape index (κ2) is 7.12. The Morgan fingerprint density at radius 1 is 1.21 bits per heavy atom. The quantitative estimate of drug-likeness (QED) is 0.790. The van der Waals surface area contributed by atoms with E-state index in [-0.39, 0.29) is 23.7 Å². The highest BCUT2D eigenvalue weighted by molar-refractivity contribution is 5.35. The predicted octanol–water partition coefficient (Wildman–Crippen LogP) is 1.81. The number of halogens is 2. The van der Waals surface area contributed by atoms with Crippen molar-refractivity contribution in [3.05, 3.63) is 41.7 Å². The van der Waals surface area contributed by atoms with Crippen LogP contribution in [-0.4, -0.2) is 51.1 Å². The fourth-order valence-electron chi connectivity index (χ4n) is 4.24. The number of nitrogens with zero attached hydrogens (tertiary/aromatic N) is 4. The molecule has 0 spiro atoms. The number of benzene rings is 1. The van der Waals surface area contributed by atoms with Crippen molar-refractivity contribution in [3.63, 3.8) is 0 Å². The molecule has 2 heterocycles. The summed E-state index contributed by atoms with van der Waals surface area (Å²) in [6.45, 7) is 3.59. The standard InChI is InChI=1S/C19H23F2N5O3/c1-19(2)28-15-10(14(27)9-4-5-11(20)12(21)6-9)7-13(16(15)29-19)26(3)18-24-8-23-17(22)25-18/h4-6,8,10,13-16,27H,7H2,1-3H3,(H2,22,23,24,25)/t10-,13-,14?,15-,16+/m1/s1. The molecule has 1 aromatic heterocycles. The molecule has 5 atom stereocenters. The van der Waals surface area contributed by atoms with Gasteiger partial charge in [0.1, 0.15) is 12.4 Å². The number of hydrogen-bond acceptors (Lipinski definition) is 8. The molecule has 4 rings (SSSR count). The minimum Gasteiger partial charge on any atom is -0.388 e. The zero-order valence-corrected chi connectivity index (χ0v) is 16.3. The molecule has 2 aromatic rings. The van der Waals surface area contributed by atoms with Gasteiger partial charge in [-0.2, -0.15) is 4.98 Å². The van der Waals surface area contributed by atoms with Gasteiger partial charge in [0.05, 0.1) is 18.2 Å². The van der Waals surface area contributed by atoms with E-state index < -0.39 is 35.5 Å². The first-order valence-electron chi connectivity index (χ1n) is 9.32. The number of aliphatic hydroxyl groups excluding tert-OH is 1. The molecule has 1 aliphatic heterocycles. The molecule has 2 aliphatic rings. The number of likely N-dealkylation sites (N-methyl/N-ethyl adjacent to an activating group) is 1. The third-order valence-corrected chi connectivity index (χ3v) is 5.56. The van der Waals surface area contributed by atoms with Gasteiger partial charge in [0, 0.05) is 13.0 Å². The topological polar surface area (TPSA) is 107 Å². The van der Waals surface area contributed by atoms with Crippen molar-refractivity contribution in [1.29, 1.82) is 0 Å². The number of nitrogens with two attached hydrogens (primary N) is 1. The van der Waals surface area contributed by atoms with Gasteiger partial charge >= 0.3 is 0 Å². The number of nitrogen functional groups attached to an aromatic ring is 1. The number of hydrogen-bond donors (Lipinski definition) is 2. The van der Waals surface area contributed by atoms with Crippen LogP contribution in [-0.2, 0) is 9.47 Å². The van der Waals surface area contributed by atoms with E-state index in [1.165, 1.54) is 12.4 Å². The van der Waals surface area contributed by atoms with Gasteiger partial charge in [0.15, 0.2) is 17.4 Å². The lowest BCUT2D eigenvalue weighted by molar-refractivity contribution is -0.162. The Bertz CT molecular complexity index is 915. The van der Waals surface area contributed by atoms with Crippen molar-refractivity contribution in [2.24, 2.45) is 5.92 Å². The van der Waals surface area contributed by atoms with Crippen LogP contribution in [0.3, 0.4) is 0 Å². The molecular weight excluding hydrogens is 384 g/mol. The van der Waals surface area contributed by atoms with Crippen LogP contribution in [0.25, 0.3) is 0 Å². The van der Waals surface area contributed by atoms with Gasteiger partial charge in [-0.25, -0.2) is 18.7 Å². The molecular formula is C19H23F2N5O3. The average Bonchev–Trinajstić information content (AvgIpc) is 3.15. The molecule has 1 aliphatic carbocycles. The summed E-state index contributed by atoms with van der Waals surface area (Å²) in [5.74, 6) is -2.75. The minimum atomic E-state index is -1.06. The molecule has 1 aromatic carbocycles. The lowest BCUT2D eigenvalue weighted by atomic mass is 9.92. The van der Waals surface area contributed by atoms with Gasteiger partial charge in [-0.15, -0.1) is 0 Å². The van der Waals surface area contributed by atoms with Crippen LogP contribution >= 0.6 is 0 Å². The molecule has 3 N–H and O–H groups in total. The molecule has 0 bridgehead atoms. The Morgan fingerprint density at radius 3 is 2.62 bits per heavy atom. The highest BCUT2D eigenvalue weighted by Gasteiger charge is 2.57. The fourth-order valence-corrected chi connectivity index (χ4v) is 4.24. The van der Waals surface area contributed by atoms with E-state index in [1.54, 1.807) is 20.9 Å². The zero-order valence-electron chi connectivity index (χ0n) is 16.3. The van der Waals surface area contributed by atoms with E-state index in [4.69, 9.17) is 15.2 Å². The van der Waals surface area contributed by atoms with E-state index in [1.807, 2.05) is 4.90 Å². The van der Waals surface area contributed by atoms with Gasteiger partial charge in [0.25, 0.3) is 0 Å². The smallest absolute Gasteiger partial charge is 0.230 e. The molecule has 10 heteroatoms. The van der Waals surface area contributed by atoms with E-state index in [0.717, 1.165) is 12.1 Å². The summed E-state index contributed by atoms with van der Waals surface area (Å²) < 4.78 is 39.2. The third kappa shape index (κ3) is 3.63. The van der Waals surface area contributed by atoms with Crippen LogP contribution in [0.5, 0.6) is 0 Å². The first-order chi connectivity index (χ1) is 13.7. The Hall–Kier alpha value is -2.43. The predicted molar refractivity (Wildman–Crippen MR) is 99.7 cm³/mol. The highest BCUT2D eigenvalue weighted by atomic mass is 19.2. The number of aromatic nitrogens is 3. The van der Waals surface area contributed by atoms with Crippen LogP contribution in [0.15, 0.2) is 24.5 Å². The van der Waals surface area contributed by atoms with Crippen molar-refractivity contribution < 1.29 is 23.4 Å².